The summed E-state index contributed by atoms with van der Waals surface area (Å²) in [5.74, 6) is -0.555. The van der Waals surface area contributed by atoms with Crippen molar-refractivity contribution in [3.05, 3.63) is 23.8 Å². The van der Waals surface area contributed by atoms with E-state index in [1.807, 2.05) is 25.2 Å². The molecule has 1 aliphatic rings. The van der Waals surface area contributed by atoms with E-state index < -0.39 is 0 Å². The molecule has 0 aromatic heterocycles. The monoisotopic (exact) mass is 247 g/mol. The van der Waals surface area contributed by atoms with Crippen LogP contribution in [0.1, 0.15) is 31.4 Å². The summed E-state index contributed by atoms with van der Waals surface area (Å²) >= 11 is 0. The number of carbonyl (C=O) groups is 2. The van der Waals surface area contributed by atoms with E-state index in [2.05, 4.69) is 22.9 Å². The molecule has 1 atom stereocenters. The molecule has 96 valence electrons. The number of amides is 2. The molecule has 2 rings (SSSR count). The second-order valence-corrected chi connectivity index (χ2v) is 4.33. The molecule has 0 radical (unpaired) electrons. The van der Waals surface area contributed by atoms with E-state index >= 15 is 0 Å². The molecular weight excluding hydrogens is 230 g/mol. The fraction of sp³-hybridized carbons (Fsp3) is 0.385. The lowest BCUT2D eigenvalue weighted by Crippen LogP contribution is -2.16. The molecule has 1 unspecified atom stereocenters. The molecule has 0 bridgehead atoms. The van der Waals surface area contributed by atoms with Gasteiger partial charge in [-0.15, -0.1) is 0 Å². The first-order chi connectivity index (χ1) is 8.63. The van der Waals surface area contributed by atoms with E-state index in [9.17, 15) is 9.59 Å². The van der Waals surface area contributed by atoms with Crippen molar-refractivity contribution in [2.24, 2.45) is 0 Å². The Kier molecular flexibility index (Phi) is 3.62. The van der Waals surface area contributed by atoms with Gasteiger partial charge in [0.05, 0.1) is 11.4 Å². The average molecular weight is 247 g/mol. The number of anilines is 2. The standard InChI is InChI=1S/C13H17N3O2/c1-3-9(14-2)8-4-5-10-11(6-8)16-13(18)7-12(17)15-10/h4-6,9,14H,3,7H2,1-2H3,(H,15,17)(H,16,18). The zero-order chi connectivity index (χ0) is 13.1. The van der Waals surface area contributed by atoms with Gasteiger partial charge in [-0.2, -0.15) is 0 Å². The number of fused-ring (bicyclic) bond motifs is 1. The zero-order valence-corrected chi connectivity index (χ0v) is 10.5. The summed E-state index contributed by atoms with van der Waals surface area (Å²) in [6.07, 6.45) is 0.822. The number of hydrogen-bond donors (Lipinski definition) is 3. The van der Waals surface area contributed by atoms with E-state index in [1.54, 1.807) is 0 Å². The van der Waals surface area contributed by atoms with E-state index in [0.29, 0.717) is 11.4 Å². The zero-order valence-electron chi connectivity index (χ0n) is 10.5. The SMILES string of the molecule is CCC(NC)c1ccc2c(c1)NC(=O)CC(=O)N2. The lowest BCUT2D eigenvalue weighted by atomic mass is 10.0. The maximum Gasteiger partial charge on any atom is 0.233 e. The summed E-state index contributed by atoms with van der Waals surface area (Å²) in [7, 11) is 1.90. The highest BCUT2D eigenvalue weighted by Gasteiger charge is 2.19. The van der Waals surface area contributed by atoms with Gasteiger partial charge in [-0.3, -0.25) is 9.59 Å². The predicted octanol–water partition coefficient (Wildman–Crippen LogP) is 1.64. The molecule has 1 aromatic carbocycles. The maximum atomic E-state index is 11.5. The van der Waals surface area contributed by atoms with Gasteiger partial charge in [0.1, 0.15) is 6.42 Å². The summed E-state index contributed by atoms with van der Waals surface area (Å²) in [6, 6.07) is 5.94. The van der Waals surface area contributed by atoms with Crippen LogP contribution in [0, 0.1) is 0 Å². The van der Waals surface area contributed by atoms with Crippen LogP contribution in [0.2, 0.25) is 0 Å². The highest BCUT2D eigenvalue weighted by atomic mass is 16.2. The van der Waals surface area contributed by atoms with E-state index in [1.165, 1.54) is 0 Å². The minimum Gasteiger partial charge on any atom is -0.324 e. The summed E-state index contributed by atoms with van der Waals surface area (Å²) in [6.45, 7) is 2.09. The topological polar surface area (TPSA) is 70.2 Å². The minimum absolute atomic E-state index is 0.132. The highest BCUT2D eigenvalue weighted by molar-refractivity contribution is 6.13. The van der Waals surface area contributed by atoms with Gasteiger partial charge < -0.3 is 16.0 Å². The average Bonchev–Trinajstić information content (AvgIpc) is 2.46. The molecule has 0 saturated heterocycles. The number of nitrogens with one attached hydrogen (secondary N) is 3. The predicted molar refractivity (Wildman–Crippen MR) is 70.4 cm³/mol. The Morgan fingerprint density at radius 3 is 2.50 bits per heavy atom. The van der Waals surface area contributed by atoms with Crippen LogP contribution in [0.15, 0.2) is 18.2 Å². The first-order valence-electron chi connectivity index (χ1n) is 6.05. The maximum absolute atomic E-state index is 11.5. The molecule has 2 amide bonds. The Balaban J connectivity index is 2.36. The van der Waals surface area contributed by atoms with Crippen molar-refractivity contribution in [2.75, 3.05) is 17.7 Å². The summed E-state index contributed by atoms with van der Waals surface area (Å²) < 4.78 is 0. The normalized spacial score (nSPS) is 16.3. The second kappa shape index (κ2) is 5.18. The number of benzene rings is 1. The van der Waals surface area contributed by atoms with Gasteiger partial charge in [0.2, 0.25) is 11.8 Å². The number of carbonyl (C=O) groups excluding carboxylic acids is 2. The fourth-order valence-corrected chi connectivity index (χ4v) is 2.13. The summed E-state index contributed by atoms with van der Waals surface area (Å²) in [5.41, 5.74) is 2.41. The van der Waals surface area contributed by atoms with Crippen molar-refractivity contribution < 1.29 is 9.59 Å². The second-order valence-electron chi connectivity index (χ2n) is 4.33. The van der Waals surface area contributed by atoms with Gasteiger partial charge in [-0.05, 0) is 31.2 Å². The molecule has 0 aliphatic carbocycles. The van der Waals surface area contributed by atoms with Crippen LogP contribution in [0.3, 0.4) is 0 Å². The van der Waals surface area contributed by atoms with Crippen molar-refractivity contribution >= 4 is 23.2 Å². The first-order valence-corrected chi connectivity index (χ1v) is 6.05. The van der Waals surface area contributed by atoms with Gasteiger partial charge in [0, 0.05) is 6.04 Å². The molecule has 5 heteroatoms. The van der Waals surface area contributed by atoms with Crippen LogP contribution in [0.25, 0.3) is 0 Å². The van der Waals surface area contributed by atoms with Crippen molar-refractivity contribution in [1.82, 2.24) is 5.32 Å². The third kappa shape index (κ3) is 2.51. The molecule has 3 N–H and O–H groups in total. The van der Waals surface area contributed by atoms with Crippen LogP contribution in [0.5, 0.6) is 0 Å². The van der Waals surface area contributed by atoms with Gasteiger partial charge in [-0.1, -0.05) is 13.0 Å². The molecule has 0 fully saturated rings. The van der Waals surface area contributed by atoms with Crippen LogP contribution < -0.4 is 16.0 Å². The summed E-state index contributed by atoms with van der Waals surface area (Å²) in [4.78, 5) is 22.9. The molecule has 0 saturated carbocycles. The van der Waals surface area contributed by atoms with E-state index in [0.717, 1.165) is 12.0 Å². The molecule has 1 heterocycles. The molecular formula is C13H17N3O2. The molecule has 1 aliphatic heterocycles. The van der Waals surface area contributed by atoms with Crippen molar-refractivity contribution in [2.45, 2.75) is 25.8 Å². The minimum atomic E-state index is -0.278. The number of hydrogen-bond acceptors (Lipinski definition) is 3. The van der Waals surface area contributed by atoms with Crippen LogP contribution in [-0.4, -0.2) is 18.9 Å². The van der Waals surface area contributed by atoms with Crippen molar-refractivity contribution in [3.8, 4) is 0 Å². The van der Waals surface area contributed by atoms with Crippen molar-refractivity contribution in [3.63, 3.8) is 0 Å². The molecule has 18 heavy (non-hydrogen) atoms. The Bertz CT molecular complexity index is 481. The number of rotatable bonds is 3. The lowest BCUT2D eigenvalue weighted by Gasteiger charge is -2.16. The summed E-state index contributed by atoms with van der Waals surface area (Å²) in [5, 5.41) is 8.67. The third-order valence-electron chi connectivity index (χ3n) is 3.07. The fourth-order valence-electron chi connectivity index (χ4n) is 2.13. The quantitative estimate of drug-likeness (QED) is 0.711. The smallest absolute Gasteiger partial charge is 0.233 e. The van der Waals surface area contributed by atoms with Crippen LogP contribution in [0.4, 0.5) is 11.4 Å². The van der Waals surface area contributed by atoms with E-state index in [4.69, 9.17) is 0 Å². The lowest BCUT2D eigenvalue weighted by molar-refractivity contribution is -0.123. The largest absolute Gasteiger partial charge is 0.324 e. The van der Waals surface area contributed by atoms with Gasteiger partial charge >= 0.3 is 0 Å². The Morgan fingerprint density at radius 2 is 1.89 bits per heavy atom. The first kappa shape index (κ1) is 12.6. The molecule has 5 nitrogen and oxygen atoms in total. The molecule has 0 spiro atoms. The van der Waals surface area contributed by atoms with Crippen LogP contribution in [-0.2, 0) is 9.59 Å². The Morgan fingerprint density at radius 1 is 1.22 bits per heavy atom. The van der Waals surface area contributed by atoms with Gasteiger partial charge in [0.15, 0.2) is 0 Å². The Hall–Kier alpha value is -1.88. The highest BCUT2D eigenvalue weighted by Crippen LogP contribution is 2.29. The third-order valence-corrected chi connectivity index (χ3v) is 3.07. The van der Waals surface area contributed by atoms with Gasteiger partial charge in [0.25, 0.3) is 0 Å². The van der Waals surface area contributed by atoms with Gasteiger partial charge in [-0.25, -0.2) is 0 Å². The molecule has 1 aromatic rings. The van der Waals surface area contributed by atoms with Crippen molar-refractivity contribution in [1.29, 1.82) is 0 Å². The van der Waals surface area contributed by atoms with Crippen LogP contribution >= 0.6 is 0 Å². The van der Waals surface area contributed by atoms with E-state index in [-0.39, 0.29) is 24.3 Å². The Labute approximate surface area is 106 Å².